The monoisotopic (exact) mass is 284 g/mol. The van der Waals surface area contributed by atoms with E-state index in [1.165, 1.54) is 0 Å². The van der Waals surface area contributed by atoms with Gasteiger partial charge in [0.05, 0.1) is 5.69 Å². The van der Waals surface area contributed by atoms with Crippen LogP contribution in [0.25, 0.3) is 0 Å². The smallest absolute Gasteiger partial charge is 0.272 e. The minimum absolute atomic E-state index is 0.0658. The molecule has 0 radical (unpaired) electrons. The number of amides is 1. The van der Waals surface area contributed by atoms with Crippen LogP contribution in [0.15, 0.2) is 24.3 Å². The fraction of sp³-hybridized carbons (Fsp3) is 0.500. The molecule has 1 aromatic rings. The molecule has 0 heterocycles. The Morgan fingerprint density at radius 2 is 2.15 bits per heavy atom. The summed E-state index contributed by atoms with van der Waals surface area (Å²) < 4.78 is 29.3. The second-order valence-electron chi connectivity index (χ2n) is 4.96. The molecule has 20 heavy (non-hydrogen) atoms. The second-order valence-corrected chi connectivity index (χ2v) is 4.96. The number of halogens is 2. The molecule has 3 N–H and O–H groups in total. The molecule has 2 rings (SSSR count). The Morgan fingerprint density at radius 3 is 2.80 bits per heavy atom. The summed E-state index contributed by atoms with van der Waals surface area (Å²) >= 11 is 0. The van der Waals surface area contributed by atoms with E-state index >= 15 is 0 Å². The van der Waals surface area contributed by atoms with Crippen LogP contribution in [0.2, 0.25) is 0 Å². The number of para-hydroxylation sites is 2. The Balaban J connectivity index is 1.99. The maximum Gasteiger partial charge on any atom is 0.272 e. The van der Waals surface area contributed by atoms with E-state index in [0.717, 1.165) is 12.8 Å². The van der Waals surface area contributed by atoms with E-state index in [1.807, 2.05) is 0 Å². The van der Waals surface area contributed by atoms with E-state index in [4.69, 9.17) is 10.5 Å². The molecule has 0 saturated heterocycles. The highest BCUT2D eigenvalue weighted by atomic mass is 19.3. The summed E-state index contributed by atoms with van der Waals surface area (Å²) in [6.45, 7) is -0.693. The first-order valence-corrected chi connectivity index (χ1v) is 6.62. The number of nitrogens with two attached hydrogens (primary N) is 1. The van der Waals surface area contributed by atoms with E-state index in [2.05, 4.69) is 5.32 Å². The number of alkyl halides is 2. The molecule has 6 heteroatoms. The first-order chi connectivity index (χ1) is 9.56. The second kappa shape index (κ2) is 6.65. The number of nitrogens with one attached hydrogen (secondary N) is 1. The third kappa shape index (κ3) is 3.90. The van der Waals surface area contributed by atoms with Crippen LogP contribution in [0.5, 0.6) is 5.75 Å². The van der Waals surface area contributed by atoms with Crippen molar-refractivity contribution in [3.8, 4) is 5.75 Å². The van der Waals surface area contributed by atoms with Gasteiger partial charge in [0, 0.05) is 12.0 Å². The average molecular weight is 284 g/mol. The molecule has 0 aliphatic heterocycles. The lowest BCUT2D eigenvalue weighted by Gasteiger charge is -2.14. The quantitative estimate of drug-likeness (QED) is 0.872. The van der Waals surface area contributed by atoms with Crippen molar-refractivity contribution in [2.24, 2.45) is 11.7 Å². The lowest BCUT2D eigenvalue weighted by Crippen LogP contribution is -2.23. The molecule has 1 saturated carbocycles. The van der Waals surface area contributed by atoms with Gasteiger partial charge >= 0.3 is 0 Å². The number of anilines is 1. The summed E-state index contributed by atoms with van der Waals surface area (Å²) in [5.74, 6) is 0.00245. The number of ether oxygens (including phenoxy) is 1. The molecule has 0 bridgehead atoms. The van der Waals surface area contributed by atoms with Crippen LogP contribution in [-0.4, -0.2) is 25.0 Å². The van der Waals surface area contributed by atoms with Crippen molar-refractivity contribution >= 4 is 11.6 Å². The number of carbonyl (C=O) groups is 1. The Labute approximate surface area is 116 Å². The topological polar surface area (TPSA) is 64.4 Å². The average Bonchev–Trinajstić information content (AvgIpc) is 2.84. The van der Waals surface area contributed by atoms with Gasteiger partial charge in [-0.3, -0.25) is 4.79 Å². The minimum Gasteiger partial charge on any atom is -0.485 e. The Hall–Kier alpha value is -1.69. The highest BCUT2D eigenvalue weighted by molar-refractivity contribution is 5.94. The molecule has 2 atom stereocenters. The molecule has 1 aliphatic carbocycles. The summed E-state index contributed by atoms with van der Waals surface area (Å²) in [7, 11) is 0. The highest BCUT2D eigenvalue weighted by Crippen LogP contribution is 2.28. The van der Waals surface area contributed by atoms with Gasteiger partial charge in [0.2, 0.25) is 5.91 Å². The standard InChI is InChI=1S/C14H18F2N2O2/c15-13(16)8-20-12-4-2-1-3-11(12)18-14(19)9-5-6-10(17)7-9/h1-4,9-10,13H,5-8,17H2,(H,18,19). The summed E-state index contributed by atoms with van der Waals surface area (Å²) in [6.07, 6.45) is -0.299. The molecule has 110 valence electrons. The van der Waals surface area contributed by atoms with Gasteiger partial charge in [-0.25, -0.2) is 8.78 Å². The molecule has 1 fully saturated rings. The first-order valence-electron chi connectivity index (χ1n) is 6.62. The van der Waals surface area contributed by atoms with Crippen LogP contribution in [-0.2, 0) is 4.79 Å². The van der Waals surface area contributed by atoms with Crippen LogP contribution < -0.4 is 15.8 Å². The third-order valence-electron chi connectivity index (χ3n) is 3.35. The largest absolute Gasteiger partial charge is 0.485 e. The Morgan fingerprint density at radius 1 is 1.40 bits per heavy atom. The zero-order chi connectivity index (χ0) is 14.5. The molecule has 0 aromatic heterocycles. The van der Waals surface area contributed by atoms with Crippen LogP contribution in [0, 0.1) is 5.92 Å². The Kier molecular flexibility index (Phi) is 4.89. The molecule has 1 amide bonds. The fourth-order valence-electron chi connectivity index (χ4n) is 2.34. The van der Waals surface area contributed by atoms with E-state index in [-0.39, 0.29) is 23.6 Å². The normalized spacial score (nSPS) is 22.0. The molecule has 2 unspecified atom stereocenters. The number of carbonyl (C=O) groups excluding carboxylic acids is 1. The zero-order valence-corrected chi connectivity index (χ0v) is 11.0. The summed E-state index contributed by atoms with van der Waals surface area (Å²) in [6, 6.07) is 6.63. The highest BCUT2D eigenvalue weighted by Gasteiger charge is 2.28. The number of hydrogen-bond acceptors (Lipinski definition) is 3. The number of benzene rings is 1. The molecule has 1 aromatic carbocycles. The van der Waals surface area contributed by atoms with Gasteiger partial charge in [-0.05, 0) is 31.4 Å². The van der Waals surface area contributed by atoms with Gasteiger partial charge in [0.15, 0.2) is 0 Å². The van der Waals surface area contributed by atoms with Crippen LogP contribution in [0.1, 0.15) is 19.3 Å². The minimum atomic E-state index is -2.55. The van der Waals surface area contributed by atoms with Crippen molar-refractivity contribution in [2.75, 3.05) is 11.9 Å². The number of rotatable bonds is 5. The fourth-order valence-corrected chi connectivity index (χ4v) is 2.34. The van der Waals surface area contributed by atoms with Gasteiger partial charge < -0.3 is 15.8 Å². The zero-order valence-electron chi connectivity index (χ0n) is 11.0. The molecule has 4 nitrogen and oxygen atoms in total. The van der Waals surface area contributed by atoms with Crippen molar-refractivity contribution in [1.82, 2.24) is 0 Å². The van der Waals surface area contributed by atoms with Crippen LogP contribution in [0.4, 0.5) is 14.5 Å². The van der Waals surface area contributed by atoms with Crippen molar-refractivity contribution in [3.63, 3.8) is 0 Å². The maximum absolute atomic E-state index is 12.2. The summed E-state index contributed by atoms with van der Waals surface area (Å²) in [4.78, 5) is 12.1. The maximum atomic E-state index is 12.2. The SMILES string of the molecule is NC1CCC(C(=O)Nc2ccccc2OCC(F)F)C1. The number of hydrogen-bond donors (Lipinski definition) is 2. The van der Waals surface area contributed by atoms with Gasteiger partial charge in [-0.15, -0.1) is 0 Å². The van der Waals surface area contributed by atoms with E-state index in [0.29, 0.717) is 12.1 Å². The predicted octanol–water partition coefficient (Wildman–Crippen LogP) is 2.40. The van der Waals surface area contributed by atoms with E-state index in [1.54, 1.807) is 24.3 Å². The third-order valence-corrected chi connectivity index (χ3v) is 3.35. The molecular weight excluding hydrogens is 266 g/mol. The van der Waals surface area contributed by atoms with Crippen molar-refractivity contribution in [2.45, 2.75) is 31.7 Å². The summed E-state index contributed by atoms with van der Waals surface area (Å²) in [5.41, 5.74) is 6.19. The Bertz CT molecular complexity index is 468. The lowest BCUT2D eigenvalue weighted by atomic mass is 10.1. The van der Waals surface area contributed by atoms with Crippen LogP contribution in [0.3, 0.4) is 0 Å². The van der Waals surface area contributed by atoms with Crippen molar-refractivity contribution in [3.05, 3.63) is 24.3 Å². The lowest BCUT2D eigenvalue weighted by molar-refractivity contribution is -0.119. The van der Waals surface area contributed by atoms with Crippen molar-refractivity contribution in [1.29, 1.82) is 0 Å². The predicted molar refractivity (Wildman–Crippen MR) is 71.9 cm³/mol. The first kappa shape index (κ1) is 14.7. The van der Waals surface area contributed by atoms with Gasteiger partial charge in [0.25, 0.3) is 6.43 Å². The molecular formula is C14H18F2N2O2. The summed E-state index contributed by atoms with van der Waals surface area (Å²) in [5, 5.41) is 2.73. The van der Waals surface area contributed by atoms with Crippen LogP contribution >= 0.6 is 0 Å². The van der Waals surface area contributed by atoms with Gasteiger partial charge in [-0.1, -0.05) is 12.1 Å². The van der Waals surface area contributed by atoms with E-state index in [9.17, 15) is 13.6 Å². The van der Waals surface area contributed by atoms with Gasteiger partial charge in [-0.2, -0.15) is 0 Å². The molecule has 0 spiro atoms. The van der Waals surface area contributed by atoms with Gasteiger partial charge in [0.1, 0.15) is 12.4 Å². The molecule has 1 aliphatic rings. The van der Waals surface area contributed by atoms with Crippen molar-refractivity contribution < 1.29 is 18.3 Å². The van der Waals surface area contributed by atoms with E-state index < -0.39 is 13.0 Å².